The molecule has 3 N–H and O–H groups in total. The van der Waals surface area contributed by atoms with Crippen molar-refractivity contribution < 1.29 is 4.74 Å². The normalized spacial score (nSPS) is 14.5. The second kappa shape index (κ2) is 6.23. The first-order valence-electron chi connectivity index (χ1n) is 5.41. The molecule has 1 atom stereocenters. The zero-order chi connectivity index (χ0) is 12.0. The molecule has 1 aromatic carbocycles. The molecule has 0 aliphatic carbocycles. The van der Waals surface area contributed by atoms with Gasteiger partial charge < -0.3 is 15.8 Å². The number of ether oxygens (including phenoxy) is 1. The third-order valence-electron chi connectivity index (χ3n) is 2.35. The molecular formula is C12H19BrN2O. The summed E-state index contributed by atoms with van der Waals surface area (Å²) < 4.78 is 6.49. The molecule has 0 heterocycles. The highest BCUT2D eigenvalue weighted by Crippen LogP contribution is 2.19. The van der Waals surface area contributed by atoms with Crippen LogP contribution in [0.2, 0.25) is 0 Å². The van der Waals surface area contributed by atoms with Crippen molar-refractivity contribution in [1.82, 2.24) is 0 Å². The molecule has 0 amide bonds. The van der Waals surface area contributed by atoms with E-state index in [1.54, 1.807) is 0 Å². The summed E-state index contributed by atoms with van der Waals surface area (Å²) in [4.78, 5) is 0. The third-order valence-corrected chi connectivity index (χ3v) is 2.84. The topological polar surface area (TPSA) is 47.3 Å². The number of nitrogens with two attached hydrogens (primary N) is 1. The maximum atomic E-state index is 5.78. The zero-order valence-electron chi connectivity index (χ0n) is 9.79. The highest BCUT2D eigenvalue weighted by atomic mass is 79.9. The molecule has 0 saturated carbocycles. The van der Waals surface area contributed by atoms with E-state index >= 15 is 0 Å². The summed E-state index contributed by atoms with van der Waals surface area (Å²) in [6.45, 7) is 5.88. The molecule has 1 aromatic rings. The Morgan fingerprint density at radius 1 is 1.50 bits per heavy atom. The van der Waals surface area contributed by atoms with Crippen molar-refractivity contribution in [3.05, 3.63) is 28.7 Å². The monoisotopic (exact) mass is 286 g/mol. The summed E-state index contributed by atoms with van der Waals surface area (Å²) in [6, 6.07) is 8.03. The van der Waals surface area contributed by atoms with E-state index in [0.29, 0.717) is 19.8 Å². The van der Waals surface area contributed by atoms with Crippen molar-refractivity contribution in [3.63, 3.8) is 0 Å². The van der Waals surface area contributed by atoms with Crippen LogP contribution in [0.3, 0.4) is 0 Å². The fraction of sp³-hybridized carbons (Fsp3) is 0.500. The largest absolute Gasteiger partial charge is 0.379 e. The second-order valence-corrected chi connectivity index (χ2v) is 4.95. The van der Waals surface area contributed by atoms with E-state index in [0.717, 1.165) is 10.2 Å². The van der Waals surface area contributed by atoms with Gasteiger partial charge in [0.15, 0.2) is 0 Å². The number of hydrogen-bond donors (Lipinski definition) is 2. The third kappa shape index (κ3) is 4.12. The second-order valence-electron chi connectivity index (χ2n) is 4.04. The highest BCUT2D eigenvalue weighted by Gasteiger charge is 2.22. The fourth-order valence-electron chi connectivity index (χ4n) is 1.39. The number of benzene rings is 1. The zero-order valence-corrected chi connectivity index (χ0v) is 11.4. The first kappa shape index (κ1) is 13.5. The smallest absolute Gasteiger partial charge is 0.0706 e. The molecule has 3 nitrogen and oxygen atoms in total. The van der Waals surface area contributed by atoms with Crippen LogP contribution in [0.5, 0.6) is 0 Å². The Morgan fingerprint density at radius 3 is 2.81 bits per heavy atom. The van der Waals surface area contributed by atoms with Crippen LogP contribution in [0.1, 0.15) is 13.8 Å². The van der Waals surface area contributed by atoms with Crippen LogP contribution in [0.25, 0.3) is 0 Å². The lowest BCUT2D eigenvalue weighted by molar-refractivity contribution is 0.112. The van der Waals surface area contributed by atoms with Crippen molar-refractivity contribution in [1.29, 1.82) is 0 Å². The lowest BCUT2D eigenvalue weighted by atomic mass is 10.0. The number of hydrogen-bond acceptors (Lipinski definition) is 3. The van der Waals surface area contributed by atoms with Gasteiger partial charge in [0.2, 0.25) is 0 Å². The van der Waals surface area contributed by atoms with Gasteiger partial charge >= 0.3 is 0 Å². The summed E-state index contributed by atoms with van der Waals surface area (Å²) in [5, 5.41) is 3.40. The summed E-state index contributed by atoms with van der Waals surface area (Å²) in [7, 11) is 0. The minimum absolute atomic E-state index is 0.225. The Morgan fingerprint density at radius 2 is 2.25 bits per heavy atom. The average Bonchev–Trinajstić information content (AvgIpc) is 2.26. The molecule has 90 valence electrons. The molecule has 0 radical (unpaired) electrons. The van der Waals surface area contributed by atoms with Crippen LogP contribution in [0.15, 0.2) is 28.7 Å². The Bertz CT molecular complexity index is 333. The van der Waals surface area contributed by atoms with Crippen LogP contribution < -0.4 is 11.1 Å². The molecule has 4 heteroatoms. The van der Waals surface area contributed by atoms with E-state index in [4.69, 9.17) is 10.5 Å². The Labute approximate surface area is 105 Å². The maximum absolute atomic E-state index is 5.78. The molecule has 1 unspecified atom stereocenters. The van der Waals surface area contributed by atoms with Gasteiger partial charge in [-0.2, -0.15) is 0 Å². The van der Waals surface area contributed by atoms with Gasteiger partial charge in [-0.25, -0.2) is 0 Å². The van der Waals surface area contributed by atoms with Crippen molar-refractivity contribution in [2.24, 2.45) is 5.73 Å². The van der Waals surface area contributed by atoms with Gasteiger partial charge in [-0.3, -0.25) is 0 Å². The highest BCUT2D eigenvalue weighted by molar-refractivity contribution is 9.10. The van der Waals surface area contributed by atoms with Crippen LogP contribution in [-0.4, -0.2) is 25.3 Å². The van der Waals surface area contributed by atoms with Crippen LogP contribution in [-0.2, 0) is 4.74 Å². The molecule has 0 aliphatic rings. The van der Waals surface area contributed by atoms with E-state index in [-0.39, 0.29) is 5.54 Å². The van der Waals surface area contributed by atoms with Gasteiger partial charge in [0.25, 0.3) is 0 Å². The van der Waals surface area contributed by atoms with Gasteiger partial charge in [-0.15, -0.1) is 0 Å². The quantitative estimate of drug-likeness (QED) is 0.845. The SMILES string of the molecule is CCOCC(C)(CN)Nc1cccc(Br)c1. The molecule has 0 bridgehead atoms. The Balaban J connectivity index is 2.68. The van der Waals surface area contributed by atoms with Crippen LogP contribution in [0.4, 0.5) is 5.69 Å². The Hall–Kier alpha value is -0.580. The molecule has 0 aromatic heterocycles. The first-order chi connectivity index (χ1) is 7.59. The van der Waals surface area contributed by atoms with Crippen molar-refractivity contribution in [2.75, 3.05) is 25.1 Å². The lowest BCUT2D eigenvalue weighted by Crippen LogP contribution is -2.46. The van der Waals surface area contributed by atoms with Crippen LogP contribution in [0, 0.1) is 0 Å². The average molecular weight is 287 g/mol. The van der Waals surface area contributed by atoms with Crippen molar-refractivity contribution in [2.45, 2.75) is 19.4 Å². The minimum atomic E-state index is -0.225. The van der Waals surface area contributed by atoms with Gasteiger partial charge in [0, 0.05) is 23.3 Å². The van der Waals surface area contributed by atoms with E-state index in [1.807, 2.05) is 31.2 Å². The number of nitrogens with one attached hydrogen (secondary N) is 1. The lowest BCUT2D eigenvalue weighted by Gasteiger charge is -2.30. The van der Waals surface area contributed by atoms with E-state index in [9.17, 15) is 0 Å². The van der Waals surface area contributed by atoms with E-state index in [1.165, 1.54) is 0 Å². The minimum Gasteiger partial charge on any atom is -0.379 e. The molecule has 0 saturated heterocycles. The Kier molecular flexibility index (Phi) is 5.25. The van der Waals surface area contributed by atoms with E-state index < -0.39 is 0 Å². The standard InChI is InChI=1S/C12H19BrN2O/c1-3-16-9-12(2,8-14)15-11-6-4-5-10(13)7-11/h4-7,15H,3,8-9,14H2,1-2H3. The van der Waals surface area contributed by atoms with Crippen LogP contribution >= 0.6 is 15.9 Å². The fourth-order valence-corrected chi connectivity index (χ4v) is 1.79. The van der Waals surface area contributed by atoms with Gasteiger partial charge in [0.05, 0.1) is 12.1 Å². The molecule has 1 rings (SSSR count). The van der Waals surface area contributed by atoms with Gasteiger partial charge in [-0.1, -0.05) is 22.0 Å². The molecule has 0 spiro atoms. The number of halogens is 1. The van der Waals surface area contributed by atoms with Gasteiger partial charge in [0.1, 0.15) is 0 Å². The molecular weight excluding hydrogens is 268 g/mol. The molecule has 0 fully saturated rings. The molecule has 16 heavy (non-hydrogen) atoms. The number of anilines is 1. The first-order valence-corrected chi connectivity index (χ1v) is 6.20. The maximum Gasteiger partial charge on any atom is 0.0706 e. The summed E-state index contributed by atoms with van der Waals surface area (Å²) in [5.41, 5.74) is 6.60. The summed E-state index contributed by atoms with van der Waals surface area (Å²) >= 11 is 3.44. The number of rotatable bonds is 6. The van der Waals surface area contributed by atoms with Crippen molar-refractivity contribution in [3.8, 4) is 0 Å². The molecule has 0 aliphatic heterocycles. The predicted octanol–water partition coefficient (Wildman–Crippen LogP) is 2.61. The predicted molar refractivity (Wildman–Crippen MR) is 71.7 cm³/mol. The van der Waals surface area contributed by atoms with Gasteiger partial charge in [-0.05, 0) is 32.0 Å². The summed E-state index contributed by atoms with van der Waals surface area (Å²) in [5.74, 6) is 0. The summed E-state index contributed by atoms with van der Waals surface area (Å²) in [6.07, 6.45) is 0. The van der Waals surface area contributed by atoms with E-state index in [2.05, 4.69) is 28.2 Å². The van der Waals surface area contributed by atoms with Crippen molar-refractivity contribution >= 4 is 21.6 Å².